The molecule has 8 nitrogen and oxygen atoms in total. The van der Waals surface area contributed by atoms with Crippen LogP contribution in [0.1, 0.15) is 6.42 Å². The molecule has 0 spiro atoms. The summed E-state index contributed by atoms with van der Waals surface area (Å²) < 4.78 is 43.1. The average Bonchev–Trinajstić information content (AvgIpc) is 2.43. The fourth-order valence-corrected chi connectivity index (χ4v) is 2.66. The lowest BCUT2D eigenvalue weighted by atomic mass is 10.3. The molecule has 0 aliphatic carbocycles. The summed E-state index contributed by atoms with van der Waals surface area (Å²) in [5.74, 6) is -1.84. The molecule has 0 aromatic heterocycles. The van der Waals surface area contributed by atoms with Crippen molar-refractivity contribution in [1.29, 1.82) is 0 Å². The predicted octanol–water partition coefficient (Wildman–Crippen LogP) is 0.917. The molecule has 0 amide bonds. The topological polar surface area (TPSA) is 107 Å². The van der Waals surface area contributed by atoms with E-state index in [9.17, 15) is 27.7 Å². The zero-order valence-corrected chi connectivity index (χ0v) is 12.1. The lowest BCUT2D eigenvalue weighted by molar-refractivity contribution is -0.385. The van der Waals surface area contributed by atoms with E-state index >= 15 is 0 Å². The van der Waals surface area contributed by atoms with Crippen molar-refractivity contribution in [2.24, 2.45) is 0 Å². The fraction of sp³-hybridized carbons (Fsp3) is 0.364. The lowest BCUT2D eigenvalue weighted by Gasteiger charge is -2.16. The second-order valence-electron chi connectivity index (χ2n) is 4.02. The van der Waals surface area contributed by atoms with E-state index < -0.39 is 37.3 Å². The number of carbonyl (C=O) groups excluding carboxylic acids is 1. The predicted molar refractivity (Wildman–Crippen MR) is 69.5 cm³/mol. The molecule has 1 aromatic carbocycles. The minimum atomic E-state index is -4.19. The molecule has 0 unspecified atom stereocenters. The van der Waals surface area contributed by atoms with Gasteiger partial charge in [-0.25, -0.2) is 17.1 Å². The largest absolute Gasteiger partial charge is 0.469 e. The third-order valence-electron chi connectivity index (χ3n) is 2.67. The van der Waals surface area contributed by atoms with Crippen LogP contribution in [0.4, 0.5) is 10.1 Å². The number of benzene rings is 1. The second-order valence-corrected chi connectivity index (χ2v) is 6.04. The fourth-order valence-electron chi connectivity index (χ4n) is 1.45. The Bertz CT molecular complexity index is 661. The Kier molecular flexibility index (Phi) is 5.33. The Labute approximate surface area is 120 Å². The molecule has 10 heteroatoms. The number of rotatable bonds is 6. The van der Waals surface area contributed by atoms with Crippen molar-refractivity contribution in [3.8, 4) is 0 Å². The number of esters is 1. The van der Waals surface area contributed by atoms with Gasteiger partial charge in [0.25, 0.3) is 5.69 Å². The summed E-state index contributed by atoms with van der Waals surface area (Å²) in [7, 11) is -1.86. The third-order valence-corrected chi connectivity index (χ3v) is 4.56. The molecular formula is C11H13FN2O6S. The van der Waals surface area contributed by atoms with Crippen molar-refractivity contribution < 1.29 is 27.3 Å². The average molecular weight is 320 g/mol. The molecule has 21 heavy (non-hydrogen) atoms. The van der Waals surface area contributed by atoms with Gasteiger partial charge in [0.1, 0.15) is 10.7 Å². The Balaban J connectivity index is 3.02. The molecule has 0 atom stereocenters. The lowest BCUT2D eigenvalue weighted by Crippen LogP contribution is -2.30. The van der Waals surface area contributed by atoms with Gasteiger partial charge in [0.2, 0.25) is 10.0 Å². The molecule has 0 aliphatic rings. The van der Waals surface area contributed by atoms with E-state index in [2.05, 4.69) is 4.74 Å². The number of methoxy groups -OCH3 is 1. The van der Waals surface area contributed by atoms with Gasteiger partial charge in [0.15, 0.2) is 0 Å². The van der Waals surface area contributed by atoms with Crippen molar-refractivity contribution in [3.05, 3.63) is 34.1 Å². The Morgan fingerprint density at radius 3 is 2.57 bits per heavy atom. The number of nitrogens with zero attached hydrogens (tertiary/aromatic N) is 2. The van der Waals surface area contributed by atoms with E-state index in [0.717, 1.165) is 23.5 Å². The Morgan fingerprint density at radius 1 is 1.48 bits per heavy atom. The summed E-state index contributed by atoms with van der Waals surface area (Å²) in [5, 5.41) is 10.5. The van der Waals surface area contributed by atoms with Gasteiger partial charge in [0.05, 0.1) is 24.5 Å². The molecule has 0 saturated heterocycles. The van der Waals surface area contributed by atoms with E-state index in [4.69, 9.17) is 0 Å². The number of hydrogen-bond donors (Lipinski definition) is 0. The second kappa shape index (κ2) is 6.59. The van der Waals surface area contributed by atoms with Gasteiger partial charge in [-0.15, -0.1) is 0 Å². The van der Waals surface area contributed by atoms with Crippen LogP contribution in [0, 0.1) is 15.9 Å². The van der Waals surface area contributed by atoms with Crippen LogP contribution in [0.15, 0.2) is 23.1 Å². The molecule has 0 bridgehead atoms. The van der Waals surface area contributed by atoms with Crippen molar-refractivity contribution >= 4 is 21.7 Å². The van der Waals surface area contributed by atoms with Gasteiger partial charge >= 0.3 is 5.97 Å². The van der Waals surface area contributed by atoms with E-state index in [1.165, 1.54) is 7.05 Å². The first-order valence-electron chi connectivity index (χ1n) is 5.67. The molecule has 0 heterocycles. The maximum absolute atomic E-state index is 13.7. The van der Waals surface area contributed by atoms with Crippen LogP contribution in [0.2, 0.25) is 0 Å². The normalized spacial score (nSPS) is 11.4. The number of non-ortho nitro benzene ring substituents is 1. The smallest absolute Gasteiger partial charge is 0.306 e. The highest BCUT2D eigenvalue weighted by molar-refractivity contribution is 7.89. The maximum atomic E-state index is 13.7. The van der Waals surface area contributed by atoms with Crippen LogP contribution < -0.4 is 0 Å². The Morgan fingerprint density at radius 2 is 2.10 bits per heavy atom. The van der Waals surface area contributed by atoms with Gasteiger partial charge in [-0.3, -0.25) is 14.9 Å². The van der Waals surface area contributed by atoms with Crippen molar-refractivity contribution in [2.75, 3.05) is 20.7 Å². The summed E-state index contributed by atoms with van der Waals surface area (Å²) in [6.07, 6.45) is -0.194. The standard InChI is InChI=1S/C11H13FN2O6S/c1-13(6-5-11(15)20-2)21(18,19)10-4-3-8(14(16)17)7-9(10)12/h3-4,7H,5-6H2,1-2H3. The van der Waals surface area contributed by atoms with Gasteiger partial charge in [-0.1, -0.05) is 0 Å². The van der Waals surface area contributed by atoms with Gasteiger partial charge in [-0.2, -0.15) is 0 Å². The summed E-state index contributed by atoms with van der Waals surface area (Å²) >= 11 is 0. The zero-order chi connectivity index (χ0) is 16.2. The number of sulfonamides is 1. The van der Waals surface area contributed by atoms with Crippen molar-refractivity contribution in [3.63, 3.8) is 0 Å². The van der Waals surface area contributed by atoms with Crippen LogP contribution in [0.5, 0.6) is 0 Å². The molecule has 1 rings (SSSR count). The number of ether oxygens (including phenoxy) is 1. The quantitative estimate of drug-likeness (QED) is 0.438. The zero-order valence-electron chi connectivity index (χ0n) is 11.3. The van der Waals surface area contributed by atoms with Crippen LogP contribution in [0.25, 0.3) is 0 Å². The minimum absolute atomic E-state index is 0.194. The highest BCUT2D eigenvalue weighted by Crippen LogP contribution is 2.22. The summed E-state index contributed by atoms with van der Waals surface area (Å²) in [6.45, 7) is -0.203. The van der Waals surface area contributed by atoms with Crippen LogP contribution in [0.3, 0.4) is 0 Å². The Hall–Kier alpha value is -2.07. The minimum Gasteiger partial charge on any atom is -0.469 e. The number of carbonyl (C=O) groups is 1. The SMILES string of the molecule is COC(=O)CCN(C)S(=O)(=O)c1ccc([N+](=O)[O-])cc1F. The molecule has 0 N–H and O–H groups in total. The summed E-state index contributed by atoms with van der Waals surface area (Å²) in [6, 6.07) is 2.24. The van der Waals surface area contributed by atoms with E-state index in [0.29, 0.717) is 6.07 Å². The molecule has 0 aliphatic heterocycles. The van der Waals surface area contributed by atoms with Gasteiger partial charge in [0, 0.05) is 19.7 Å². The molecule has 0 radical (unpaired) electrons. The molecule has 1 aromatic rings. The first-order chi connectivity index (χ1) is 9.70. The van der Waals surface area contributed by atoms with Gasteiger partial charge in [-0.05, 0) is 6.07 Å². The number of nitro groups is 1. The van der Waals surface area contributed by atoms with E-state index in [1.54, 1.807) is 0 Å². The third kappa shape index (κ3) is 3.95. The number of nitro benzene ring substituents is 1. The summed E-state index contributed by atoms with van der Waals surface area (Å²) in [4.78, 5) is 19.9. The molecule has 0 fully saturated rings. The molecule has 0 saturated carbocycles. The van der Waals surface area contributed by atoms with Crippen molar-refractivity contribution in [1.82, 2.24) is 4.31 Å². The van der Waals surface area contributed by atoms with Gasteiger partial charge < -0.3 is 4.74 Å². The molecular weight excluding hydrogens is 307 g/mol. The summed E-state index contributed by atoms with van der Waals surface area (Å²) in [5.41, 5.74) is -0.552. The molecule has 116 valence electrons. The van der Waals surface area contributed by atoms with Crippen LogP contribution in [-0.4, -0.2) is 44.3 Å². The van der Waals surface area contributed by atoms with Crippen LogP contribution in [-0.2, 0) is 19.6 Å². The van der Waals surface area contributed by atoms with Crippen LogP contribution >= 0.6 is 0 Å². The first kappa shape index (κ1) is 17.0. The maximum Gasteiger partial charge on any atom is 0.306 e. The van der Waals surface area contributed by atoms with E-state index in [1.807, 2.05) is 0 Å². The highest BCUT2D eigenvalue weighted by Gasteiger charge is 2.26. The van der Waals surface area contributed by atoms with E-state index in [-0.39, 0.29) is 13.0 Å². The monoisotopic (exact) mass is 320 g/mol. The first-order valence-corrected chi connectivity index (χ1v) is 7.11. The van der Waals surface area contributed by atoms with Crippen molar-refractivity contribution in [2.45, 2.75) is 11.3 Å². The number of hydrogen-bond acceptors (Lipinski definition) is 6. The highest BCUT2D eigenvalue weighted by atomic mass is 32.2. The number of halogens is 1.